The Labute approximate surface area is 163 Å². The number of pyridine rings is 1. The fourth-order valence-corrected chi connectivity index (χ4v) is 2.78. The summed E-state index contributed by atoms with van der Waals surface area (Å²) < 4.78 is 16.4. The molecule has 1 aromatic heterocycles. The molecule has 0 saturated carbocycles. The lowest BCUT2D eigenvalue weighted by atomic mass is 9.97. The highest BCUT2D eigenvalue weighted by Gasteiger charge is 2.40. The molecule has 0 unspecified atom stereocenters. The van der Waals surface area contributed by atoms with Crippen molar-refractivity contribution in [1.29, 1.82) is 0 Å². The maximum Gasteiger partial charge on any atom is 0.344 e. The predicted molar refractivity (Wildman–Crippen MR) is 103 cm³/mol. The SMILES string of the molecule is COc1ccc(NC(=O)C2=C(C)C(C)(C)OC2=O)cc1OCc1cccnc1. The largest absolute Gasteiger partial charge is 0.493 e. The molecule has 0 fully saturated rings. The monoisotopic (exact) mass is 382 g/mol. The van der Waals surface area contributed by atoms with Crippen molar-refractivity contribution in [2.75, 3.05) is 12.4 Å². The number of benzene rings is 1. The van der Waals surface area contributed by atoms with Gasteiger partial charge in [0.15, 0.2) is 11.5 Å². The highest BCUT2D eigenvalue weighted by Crippen LogP contribution is 2.34. The number of rotatable bonds is 6. The lowest BCUT2D eigenvalue weighted by molar-refractivity contribution is -0.145. The molecule has 0 atom stereocenters. The van der Waals surface area contributed by atoms with Crippen LogP contribution in [-0.2, 0) is 20.9 Å². The number of hydrogen-bond donors (Lipinski definition) is 1. The van der Waals surface area contributed by atoms with Crippen LogP contribution >= 0.6 is 0 Å². The van der Waals surface area contributed by atoms with Gasteiger partial charge in [-0.3, -0.25) is 9.78 Å². The van der Waals surface area contributed by atoms with Crippen LogP contribution in [0.15, 0.2) is 53.9 Å². The second-order valence-corrected chi connectivity index (χ2v) is 6.87. The number of anilines is 1. The number of nitrogens with zero attached hydrogens (tertiary/aromatic N) is 1. The predicted octanol–water partition coefficient (Wildman–Crippen LogP) is 3.26. The summed E-state index contributed by atoms with van der Waals surface area (Å²) in [6, 6.07) is 8.73. The summed E-state index contributed by atoms with van der Waals surface area (Å²) in [5, 5.41) is 2.73. The molecule has 1 aliphatic heterocycles. The average Bonchev–Trinajstić information content (AvgIpc) is 2.87. The van der Waals surface area contributed by atoms with Gasteiger partial charge in [-0.1, -0.05) is 6.07 Å². The van der Waals surface area contributed by atoms with Crippen molar-refractivity contribution in [3.63, 3.8) is 0 Å². The normalized spacial score (nSPS) is 15.2. The number of aromatic nitrogens is 1. The standard InChI is InChI=1S/C21H22N2O5/c1-13-18(20(25)28-21(13,2)3)19(24)23-15-7-8-16(26-4)17(10-15)27-12-14-6-5-9-22-11-14/h5-11H,12H2,1-4H3,(H,23,24). The van der Waals surface area contributed by atoms with Gasteiger partial charge in [0.25, 0.3) is 5.91 Å². The summed E-state index contributed by atoms with van der Waals surface area (Å²) in [7, 11) is 1.54. The zero-order valence-electron chi connectivity index (χ0n) is 16.2. The number of esters is 1. The van der Waals surface area contributed by atoms with Gasteiger partial charge in [-0.2, -0.15) is 0 Å². The molecule has 2 aromatic rings. The van der Waals surface area contributed by atoms with E-state index in [2.05, 4.69) is 10.3 Å². The number of ether oxygens (including phenoxy) is 3. The summed E-state index contributed by atoms with van der Waals surface area (Å²) in [6.07, 6.45) is 3.40. The van der Waals surface area contributed by atoms with Gasteiger partial charge in [-0.05, 0) is 44.5 Å². The lowest BCUT2D eigenvalue weighted by Gasteiger charge is -2.17. The molecule has 0 spiro atoms. The second kappa shape index (κ2) is 7.72. The molecular weight excluding hydrogens is 360 g/mol. The first-order valence-corrected chi connectivity index (χ1v) is 8.77. The van der Waals surface area contributed by atoms with E-state index in [1.165, 1.54) is 7.11 Å². The maximum absolute atomic E-state index is 12.6. The van der Waals surface area contributed by atoms with Crippen LogP contribution in [-0.4, -0.2) is 29.6 Å². The van der Waals surface area contributed by atoms with Crippen LogP contribution in [0.3, 0.4) is 0 Å². The van der Waals surface area contributed by atoms with Crippen LogP contribution < -0.4 is 14.8 Å². The minimum absolute atomic E-state index is 0.0265. The van der Waals surface area contributed by atoms with Gasteiger partial charge >= 0.3 is 5.97 Å². The first kappa shape index (κ1) is 19.4. The number of cyclic esters (lactones) is 1. The third-order valence-corrected chi connectivity index (χ3v) is 4.60. The van der Waals surface area contributed by atoms with E-state index < -0.39 is 17.5 Å². The van der Waals surface area contributed by atoms with Crippen LogP contribution in [0.2, 0.25) is 0 Å². The summed E-state index contributed by atoms with van der Waals surface area (Å²) >= 11 is 0. The van der Waals surface area contributed by atoms with Crippen LogP contribution in [0.25, 0.3) is 0 Å². The van der Waals surface area contributed by atoms with Crippen molar-refractivity contribution in [1.82, 2.24) is 4.98 Å². The molecule has 0 bridgehead atoms. The zero-order chi connectivity index (χ0) is 20.3. The Morgan fingerprint density at radius 2 is 2.04 bits per heavy atom. The average molecular weight is 382 g/mol. The number of carbonyl (C=O) groups excluding carboxylic acids is 2. The highest BCUT2D eigenvalue weighted by atomic mass is 16.6. The van der Waals surface area contributed by atoms with Crippen molar-refractivity contribution in [3.05, 3.63) is 59.4 Å². The third-order valence-electron chi connectivity index (χ3n) is 4.60. The van der Waals surface area contributed by atoms with E-state index in [9.17, 15) is 9.59 Å². The third kappa shape index (κ3) is 3.98. The summed E-state index contributed by atoms with van der Waals surface area (Å²) in [5.74, 6) is -0.152. The summed E-state index contributed by atoms with van der Waals surface area (Å²) in [5.41, 5.74) is 1.21. The van der Waals surface area contributed by atoms with Crippen LogP contribution in [0.4, 0.5) is 5.69 Å². The number of nitrogens with one attached hydrogen (secondary N) is 1. The fraction of sp³-hybridized carbons (Fsp3) is 0.286. The fourth-order valence-electron chi connectivity index (χ4n) is 2.78. The maximum atomic E-state index is 12.6. The van der Waals surface area contributed by atoms with Gasteiger partial charge in [-0.25, -0.2) is 4.79 Å². The van der Waals surface area contributed by atoms with E-state index >= 15 is 0 Å². The number of carbonyl (C=O) groups is 2. The Morgan fingerprint density at radius 1 is 1.25 bits per heavy atom. The van der Waals surface area contributed by atoms with Gasteiger partial charge in [0.2, 0.25) is 0 Å². The van der Waals surface area contributed by atoms with Crippen molar-refractivity contribution in [2.45, 2.75) is 33.0 Å². The Hall–Kier alpha value is -3.35. The smallest absolute Gasteiger partial charge is 0.344 e. The number of hydrogen-bond acceptors (Lipinski definition) is 6. The summed E-state index contributed by atoms with van der Waals surface area (Å²) in [4.78, 5) is 28.7. The van der Waals surface area contributed by atoms with Gasteiger partial charge in [0.1, 0.15) is 17.8 Å². The minimum atomic E-state index is -0.790. The Morgan fingerprint density at radius 3 is 2.64 bits per heavy atom. The topological polar surface area (TPSA) is 86.8 Å². The first-order chi connectivity index (χ1) is 13.3. The van der Waals surface area contributed by atoms with Gasteiger partial charge in [-0.15, -0.1) is 0 Å². The van der Waals surface area contributed by atoms with Gasteiger partial charge in [0.05, 0.1) is 7.11 Å². The van der Waals surface area contributed by atoms with Crippen LogP contribution in [0.5, 0.6) is 11.5 Å². The molecule has 2 heterocycles. The molecular formula is C21H22N2O5. The minimum Gasteiger partial charge on any atom is -0.493 e. The second-order valence-electron chi connectivity index (χ2n) is 6.87. The molecule has 7 heteroatoms. The van der Waals surface area contributed by atoms with E-state index in [0.717, 1.165) is 5.56 Å². The van der Waals surface area contributed by atoms with Gasteiger partial charge in [0, 0.05) is 29.7 Å². The lowest BCUT2D eigenvalue weighted by Crippen LogP contribution is -2.21. The number of methoxy groups -OCH3 is 1. The Bertz CT molecular complexity index is 935. The molecule has 1 amide bonds. The molecule has 1 N–H and O–H groups in total. The van der Waals surface area contributed by atoms with E-state index in [1.54, 1.807) is 51.4 Å². The quantitative estimate of drug-likeness (QED) is 0.610. The Kier molecular flexibility index (Phi) is 5.35. The summed E-state index contributed by atoms with van der Waals surface area (Å²) in [6.45, 7) is 5.51. The van der Waals surface area contributed by atoms with Crippen molar-refractivity contribution >= 4 is 17.6 Å². The molecule has 1 aliphatic rings. The van der Waals surface area contributed by atoms with E-state index in [4.69, 9.17) is 14.2 Å². The van der Waals surface area contributed by atoms with Crippen LogP contribution in [0.1, 0.15) is 26.3 Å². The van der Waals surface area contributed by atoms with Gasteiger partial charge < -0.3 is 19.5 Å². The van der Waals surface area contributed by atoms with E-state index in [-0.39, 0.29) is 5.57 Å². The number of amides is 1. The first-order valence-electron chi connectivity index (χ1n) is 8.77. The van der Waals surface area contributed by atoms with E-state index in [1.807, 2.05) is 12.1 Å². The van der Waals surface area contributed by atoms with E-state index in [0.29, 0.717) is 29.4 Å². The molecule has 3 rings (SSSR count). The molecule has 0 saturated heterocycles. The molecule has 146 valence electrons. The molecule has 7 nitrogen and oxygen atoms in total. The van der Waals surface area contributed by atoms with Crippen molar-refractivity contribution in [3.8, 4) is 11.5 Å². The van der Waals surface area contributed by atoms with Crippen molar-refractivity contribution in [2.24, 2.45) is 0 Å². The Balaban J connectivity index is 1.78. The van der Waals surface area contributed by atoms with Crippen LogP contribution in [0, 0.1) is 0 Å². The van der Waals surface area contributed by atoms with Crippen molar-refractivity contribution < 1.29 is 23.8 Å². The highest BCUT2D eigenvalue weighted by molar-refractivity contribution is 6.23. The molecule has 1 aromatic carbocycles. The molecule has 28 heavy (non-hydrogen) atoms. The molecule has 0 aliphatic carbocycles. The zero-order valence-corrected chi connectivity index (χ0v) is 16.2. The molecule has 0 radical (unpaired) electrons.